The van der Waals surface area contributed by atoms with Crippen molar-refractivity contribution in [2.24, 2.45) is 0 Å². The highest BCUT2D eigenvalue weighted by molar-refractivity contribution is 7.99. The number of unbranched alkanes of at least 4 members (excludes halogenated alkanes) is 1. The summed E-state index contributed by atoms with van der Waals surface area (Å²) in [6.45, 7) is 3.66. The van der Waals surface area contributed by atoms with Gasteiger partial charge in [-0.05, 0) is 32.1 Å². The first-order valence-electron chi connectivity index (χ1n) is 7.70. The summed E-state index contributed by atoms with van der Waals surface area (Å²) in [7, 11) is 0. The van der Waals surface area contributed by atoms with E-state index in [1.807, 2.05) is 6.92 Å². The van der Waals surface area contributed by atoms with E-state index in [9.17, 15) is 4.79 Å². The SMILES string of the molecule is CCc1nc(SCC(=O)NCCCC[C@@H]2CCCO2)n[nH]1. The van der Waals surface area contributed by atoms with Gasteiger partial charge in [0.2, 0.25) is 11.1 Å². The molecule has 118 valence electrons. The Morgan fingerprint density at radius 3 is 3.14 bits per heavy atom. The fourth-order valence-electron chi connectivity index (χ4n) is 2.28. The number of hydrogen-bond donors (Lipinski definition) is 2. The molecule has 0 aliphatic carbocycles. The molecule has 2 rings (SSSR count). The van der Waals surface area contributed by atoms with E-state index in [0.717, 1.165) is 44.7 Å². The van der Waals surface area contributed by atoms with E-state index < -0.39 is 0 Å². The first-order chi connectivity index (χ1) is 10.3. The topological polar surface area (TPSA) is 79.9 Å². The summed E-state index contributed by atoms with van der Waals surface area (Å²) in [5.41, 5.74) is 0. The number of amides is 1. The molecule has 7 heteroatoms. The number of ether oxygens (including phenoxy) is 1. The third-order valence-corrected chi connectivity index (χ3v) is 4.32. The lowest BCUT2D eigenvalue weighted by Crippen LogP contribution is -2.26. The summed E-state index contributed by atoms with van der Waals surface area (Å²) < 4.78 is 5.57. The van der Waals surface area contributed by atoms with E-state index >= 15 is 0 Å². The van der Waals surface area contributed by atoms with Gasteiger partial charge in [0, 0.05) is 19.6 Å². The van der Waals surface area contributed by atoms with E-state index in [0.29, 0.717) is 17.0 Å². The van der Waals surface area contributed by atoms with Crippen molar-refractivity contribution in [2.75, 3.05) is 18.9 Å². The zero-order chi connectivity index (χ0) is 14.9. The molecule has 21 heavy (non-hydrogen) atoms. The summed E-state index contributed by atoms with van der Waals surface area (Å²) >= 11 is 1.36. The van der Waals surface area contributed by atoms with Crippen LogP contribution < -0.4 is 5.32 Å². The predicted octanol–water partition coefficient (Wildman–Crippen LogP) is 1.92. The Kier molecular flexibility index (Phi) is 7.02. The summed E-state index contributed by atoms with van der Waals surface area (Å²) in [6.07, 6.45) is 6.90. The van der Waals surface area contributed by atoms with Crippen molar-refractivity contribution in [1.82, 2.24) is 20.5 Å². The largest absolute Gasteiger partial charge is 0.378 e. The average molecular weight is 312 g/mol. The van der Waals surface area contributed by atoms with Gasteiger partial charge in [0.05, 0.1) is 11.9 Å². The van der Waals surface area contributed by atoms with Gasteiger partial charge >= 0.3 is 0 Å². The summed E-state index contributed by atoms with van der Waals surface area (Å²) in [4.78, 5) is 15.9. The van der Waals surface area contributed by atoms with Gasteiger partial charge in [-0.2, -0.15) is 0 Å². The number of carbonyl (C=O) groups is 1. The van der Waals surface area contributed by atoms with Gasteiger partial charge in [-0.3, -0.25) is 9.89 Å². The normalized spacial score (nSPS) is 18.0. The van der Waals surface area contributed by atoms with E-state index in [1.54, 1.807) is 0 Å². The molecule has 6 nitrogen and oxygen atoms in total. The molecule has 0 radical (unpaired) electrons. The van der Waals surface area contributed by atoms with Crippen LogP contribution in [0.4, 0.5) is 0 Å². The molecule has 1 atom stereocenters. The Morgan fingerprint density at radius 2 is 2.43 bits per heavy atom. The lowest BCUT2D eigenvalue weighted by molar-refractivity contribution is -0.118. The molecule has 0 spiro atoms. The molecule has 2 N–H and O–H groups in total. The number of aromatic nitrogens is 3. The van der Waals surface area contributed by atoms with Crippen molar-refractivity contribution in [2.45, 2.75) is 56.7 Å². The Balaban J connectivity index is 1.49. The molecule has 1 aliphatic heterocycles. The van der Waals surface area contributed by atoms with E-state index in [-0.39, 0.29) is 5.91 Å². The number of aromatic amines is 1. The van der Waals surface area contributed by atoms with Gasteiger partial charge in [0.15, 0.2) is 0 Å². The zero-order valence-corrected chi connectivity index (χ0v) is 13.4. The predicted molar refractivity (Wildman–Crippen MR) is 82.3 cm³/mol. The fourth-order valence-corrected chi connectivity index (χ4v) is 2.93. The van der Waals surface area contributed by atoms with Crippen molar-refractivity contribution in [1.29, 1.82) is 0 Å². The minimum absolute atomic E-state index is 0.0416. The smallest absolute Gasteiger partial charge is 0.230 e. The van der Waals surface area contributed by atoms with E-state index in [1.165, 1.54) is 24.6 Å². The maximum atomic E-state index is 11.7. The van der Waals surface area contributed by atoms with E-state index in [2.05, 4.69) is 20.5 Å². The Morgan fingerprint density at radius 1 is 1.52 bits per heavy atom. The van der Waals surface area contributed by atoms with Crippen LogP contribution in [-0.2, 0) is 16.0 Å². The molecule has 1 amide bonds. The molecule has 1 aliphatic rings. The fraction of sp³-hybridized carbons (Fsp3) is 0.786. The van der Waals surface area contributed by atoms with Crippen LogP contribution in [0.2, 0.25) is 0 Å². The quantitative estimate of drug-likeness (QED) is 0.538. The minimum atomic E-state index is 0.0416. The Hall–Kier alpha value is -1.08. The lowest BCUT2D eigenvalue weighted by atomic mass is 10.1. The number of rotatable bonds is 9. The molecule has 1 fully saturated rings. The van der Waals surface area contributed by atoms with Crippen LogP contribution in [0.15, 0.2) is 5.16 Å². The van der Waals surface area contributed by atoms with Crippen LogP contribution in [0.3, 0.4) is 0 Å². The molecule has 0 aromatic carbocycles. The van der Waals surface area contributed by atoms with Gasteiger partial charge in [-0.15, -0.1) is 5.10 Å². The van der Waals surface area contributed by atoms with Crippen molar-refractivity contribution < 1.29 is 9.53 Å². The monoisotopic (exact) mass is 312 g/mol. The van der Waals surface area contributed by atoms with Crippen LogP contribution >= 0.6 is 11.8 Å². The van der Waals surface area contributed by atoms with Gasteiger partial charge in [-0.1, -0.05) is 18.7 Å². The van der Waals surface area contributed by atoms with Crippen molar-refractivity contribution in [3.05, 3.63) is 5.82 Å². The number of hydrogen-bond acceptors (Lipinski definition) is 5. The van der Waals surface area contributed by atoms with Crippen molar-refractivity contribution in [3.8, 4) is 0 Å². The molecule has 1 saturated heterocycles. The first kappa shape index (κ1) is 16.3. The van der Waals surface area contributed by atoms with Gasteiger partial charge in [0.25, 0.3) is 0 Å². The number of aryl methyl sites for hydroxylation is 1. The van der Waals surface area contributed by atoms with Gasteiger partial charge in [-0.25, -0.2) is 4.98 Å². The second-order valence-corrected chi connectivity index (χ2v) is 6.13. The highest BCUT2D eigenvalue weighted by Gasteiger charge is 2.14. The average Bonchev–Trinajstić information content (AvgIpc) is 3.16. The van der Waals surface area contributed by atoms with E-state index in [4.69, 9.17) is 4.74 Å². The number of thioether (sulfide) groups is 1. The van der Waals surface area contributed by atoms with Crippen LogP contribution in [0.25, 0.3) is 0 Å². The molecular weight excluding hydrogens is 288 g/mol. The van der Waals surface area contributed by atoms with Gasteiger partial charge in [0.1, 0.15) is 5.82 Å². The summed E-state index contributed by atoms with van der Waals surface area (Å²) in [5.74, 6) is 1.26. The van der Waals surface area contributed by atoms with Crippen molar-refractivity contribution >= 4 is 17.7 Å². The molecule has 0 unspecified atom stereocenters. The number of nitrogens with one attached hydrogen (secondary N) is 2. The highest BCUT2D eigenvalue weighted by atomic mass is 32.2. The Bertz CT molecular complexity index is 432. The Labute approximate surface area is 129 Å². The molecule has 1 aromatic heterocycles. The third kappa shape index (κ3) is 6.05. The maximum absolute atomic E-state index is 11.7. The number of nitrogens with zero attached hydrogens (tertiary/aromatic N) is 2. The van der Waals surface area contributed by atoms with Gasteiger partial charge < -0.3 is 10.1 Å². The second-order valence-electron chi connectivity index (χ2n) is 5.19. The molecule has 1 aromatic rings. The standard InChI is InChI=1S/C14H24N4O2S/c1-2-12-16-14(18-17-12)21-10-13(19)15-8-4-3-6-11-7-5-9-20-11/h11H,2-10H2,1H3,(H,15,19)(H,16,17,18)/t11-/m1/s1. The molecule has 2 heterocycles. The lowest BCUT2D eigenvalue weighted by Gasteiger charge is -2.09. The van der Waals surface area contributed by atoms with Crippen LogP contribution in [0, 0.1) is 0 Å². The zero-order valence-electron chi connectivity index (χ0n) is 12.6. The van der Waals surface area contributed by atoms with Crippen LogP contribution in [0.5, 0.6) is 0 Å². The summed E-state index contributed by atoms with van der Waals surface area (Å²) in [5, 5.41) is 10.5. The second kappa shape index (κ2) is 9.04. The first-order valence-corrected chi connectivity index (χ1v) is 8.69. The molecule has 0 saturated carbocycles. The number of H-pyrrole nitrogens is 1. The molecular formula is C14H24N4O2S. The third-order valence-electron chi connectivity index (χ3n) is 3.48. The van der Waals surface area contributed by atoms with Crippen molar-refractivity contribution in [3.63, 3.8) is 0 Å². The molecule has 0 bridgehead atoms. The maximum Gasteiger partial charge on any atom is 0.230 e. The highest BCUT2D eigenvalue weighted by Crippen LogP contribution is 2.17. The van der Waals surface area contributed by atoms with Crippen LogP contribution in [-0.4, -0.2) is 46.1 Å². The summed E-state index contributed by atoms with van der Waals surface area (Å²) in [6, 6.07) is 0. The van der Waals surface area contributed by atoms with Crippen LogP contribution in [0.1, 0.15) is 44.9 Å². The minimum Gasteiger partial charge on any atom is -0.378 e. The number of carbonyl (C=O) groups excluding carboxylic acids is 1.